The Labute approximate surface area is 274 Å². The van der Waals surface area contributed by atoms with Gasteiger partial charge < -0.3 is 30.0 Å². The molecule has 0 bridgehead atoms. The van der Waals surface area contributed by atoms with Gasteiger partial charge in [-0.2, -0.15) is 0 Å². The molecule has 2 aromatic rings. The highest BCUT2D eigenvalue weighted by Gasteiger charge is 2.29. The van der Waals surface area contributed by atoms with Gasteiger partial charge in [0.1, 0.15) is 5.75 Å². The average molecular weight is 631 g/mol. The van der Waals surface area contributed by atoms with Crippen LogP contribution in [0.1, 0.15) is 63.6 Å². The second-order valence-electron chi connectivity index (χ2n) is 12.4. The highest BCUT2D eigenvalue weighted by Crippen LogP contribution is 2.49. The van der Waals surface area contributed by atoms with Crippen LogP contribution >= 0.6 is 0 Å². The van der Waals surface area contributed by atoms with E-state index in [0.29, 0.717) is 35.8 Å². The van der Waals surface area contributed by atoms with E-state index < -0.39 is 6.04 Å². The number of nitrogens with one attached hydrogen (secondary N) is 2. The lowest BCUT2D eigenvalue weighted by atomic mass is 9.88. The molecule has 1 aliphatic rings. The van der Waals surface area contributed by atoms with Gasteiger partial charge in [-0.3, -0.25) is 9.59 Å². The molecule has 8 nitrogen and oxygen atoms in total. The van der Waals surface area contributed by atoms with Crippen LogP contribution in [0.2, 0.25) is 0 Å². The topological polar surface area (TPSA) is 106 Å². The van der Waals surface area contributed by atoms with Crippen molar-refractivity contribution in [3.63, 3.8) is 0 Å². The summed E-state index contributed by atoms with van der Waals surface area (Å²) in [5.41, 5.74) is 5.60. The predicted molar refractivity (Wildman–Crippen MR) is 184 cm³/mol. The molecule has 1 amide bonds. The van der Waals surface area contributed by atoms with Crippen molar-refractivity contribution >= 4 is 17.3 Å². The number of aromatic hydroxyl groups is 1. The number of aryl methyl sites for hydroxylation is 1. The number of ketones is 1. The highest BCUT2D eigenvalue weighted by atomic mass is 16.5. The molecule has 0 spiro atoms. The maximum absolute atomic E-state index is 13.5. The maximum Gasteiger partial charge on any atom is 0.217 e. The third-order valence-electron chi connectivity index (χ3n) is 8.43. The number of carbonyl (C=O) groups excluding carboxylic acids is 2. The van der Waals surface area contributed by atoms with Gasteiger partial charge in [-0.05, 0) is 84.1 Å². The van der Waals surface area contributed by atoms with Gasteiger partial charge in [0.2, 0.25) is 11.7 Å². The zero-order valence-corrected chi connectivity index (χ0v) is 28.4. The molecule has 0 saturated carbocycles. The lowest BCUT2D eigenvalue weighted by Gasteiger charge is -2.24. The Hall–Kier alpha value is -4.46. The third kappa shape index (κ3) is 9.28. The van der Waals surface area contributed by atoms with Crippen LogP contribution in [0.25, 0.3) is 5.57 Å². The number of benzene rings is 2. The minimum atomic E-state index is -0.568. The molecule has 0 saturated heterocycles. The van der Waals surface area contributed by atoms with Crippen molar-refractivity contribution in [3.05, 3.63) is 89.8 Å². The first-order chi connectivity index (χ1) is 21.9. The van der Waals surface area contributed by atoms with E-state index in [4.69, 9.17) is 14.2 Å². The van der Waals surface area contributed by atoms with Crippen LogP contribution in [-0.2, 0) is 22.4 Å². The first-order valence-electron chi connectivity index (χ1n) is 15.8. The number of fused-ring (bicyclic) bond motifs is 1. The molecule has 8 heteroatoms. The van der Waals surface area contributed by atoms with Crippen molar-refractivity contribution in [2.24, 2.45) is 17.8 Å². The standard InChI is InChI=1S/C38H50N2O6/c1-23(2)19-33(40-27(6)41)34(43)21-30(20-28-13-16-31(42)17-14-28)26(5)39-18-10-11-32-25(4)24(3)12-15-29-22-35(44-7)37(45-8)38(46-9)36(29)32/h10-11,13-14,16-18,22-24,30,33,39,42H,4-5,12,15,19-21H2,1-3,6-9H3,(H,40,41)/b18-10+,32-11+/t24?,30-,33+/m1/s1. The van der Waals surface area contributed by atoms with Crippen LogP contribution in [0.5, 0.6) is 23.0 Å². The molecule has 248 valence electrons. The number of hydrogen-bond donors (Lipinski definition) is 3. The summed E-state index contributed by atoms with van der Waals surface area (Å²) in [4.78, 5) is 25.4. The first kappa shape index (κ1) is 36.0. The molecule has 0 heterocycles. The second kappa shape index (κ2) is 16.7. The van der Waals surface area contributed by atoms with Crippen molar-refractivity contribution in [1.82, 2.24) is 10.6 Å². The number of amides is 1. The zero-order valence-electron chi connectivity index (χ0n) is 28.4. The predicted octanol–water partition coefficient (Wildman–Crippen LogP) is 6.93. The molecule has 3 rings (SSSR count). The number of rotatable bonds is 15. The monoisotopic (exact) mass is 630 g/mol. The number of Topliss-reactive ketones (excluding diaryl/α,β-unsaturated/α-hetero) is 1. The summed E-state index contributed by atoms with van der Waals surface area (Å²) in [5.74, 6) is 1.88. The van der Waals surface area contributed by atoms with Gasteiger partial charge in [-0.1, -0.05) is 52.1 Å². The van der Waals surface area contributed by atoms with Gasteiger partial charge in [-0.15, -0.1) is 0 Å². The molecule has 0 aliphatic heterocycles. The Morgan fingerprint density at radius 2 is 1.76 bits per heavy atom. The molecule has 2 aromatic carbocycles. The molecule has 46 heavy (non-hydrogen) atoms. The summed E-state index contributed by atoms with van der Waals surface area (Å²) in [6.45, 7) is 16.4. The average Bonchev–Trinajstić information content (AvgIpc) is 3.13. The third-order valence-corrected chi connectivity index (χ3v) is 8.43. The molecule has 1 aliphatic carbocycles. The fourth-order valence-corrected chi connectivity index (χ4v) is 5.89. The summed E-state index contributed by atoms with van der Waals surface area (Å²) in [7, 11) is 4.84. The van der Waals surface area contributed by atoms with E-state index in [0.717, 1.165) is 40.7 Å². The summed E-state index contributed by atoms with van der Waals surface area (Å²) in [6.07, 6.45) is 8.77. The first-order valence-corrected chi connectivity index (χ1v) is 15.8. The Balaban J connectivity index is 1.92. The van der Waals surface area contributed by atoms with Gasteiger partial charge in [-0.25, -0.2) is 0 Å². The molecule has 0 fully saturated rings. The van der Waals surface area contributed by atoms with Crippen molar-refractivity contribution < 1.29 is 28.9 Å². The molecule has 1 unspecified atom stereocenters. The molecular weight excluding hydrogens is 580 g/mol. The fourth-order valence-electron chi connectivity index (χ4n) is 5.89. The minimum absolute atomic E-state index is 0.0430. The summed E-state index contributed by atoms with van der Waals surface area (Å²) >= 11 is 0. The van der Waals surface area contributed by atoms with E-state index >= 15 is 0 Å². The van der Waals surface area contributed by atoms with Crippen LogP contribution in [-0.4, -0.2) is 44.2 Å². The van der Waals surface area contributed by atoms with Gasteiger partial charge in [0.05, 0.1) is 27.4 Å². The van der Waals surface area contributed by atoms with Crippen molar-refractivity contribution in [1.29, 1.82) is 0 Å². The van der Waals surface area contributed by atoms with Crippen LogP contribution in [0.3, 0.4) is 0 Å². The number of carbonyl (C=O) groups is 2. The van der Waals surface area contributed by atoms with Gasteiger partial charge >= 0.3 is 0 Å². The molecule has 3 atom stereocenters. The summed E-state index contributed by atoms with van der Waals surface area (Å²) in [6, 6.07) is 8.39. The Morgan fingerprint density at radius 3 is 2.35 bits per heavy atom. The van der Waals surface area contributed by atoms with E-state index in [2.05, 4.69) is 30.7 Å². The number of methoxy groups -OCH3 is 3. The lowest BCUT2D eigenvalue weighted by molar-refractivity contribution is -0.127. The van der Waals surface area contributed by atoms with Crippen LogP contribution in [0, 0.1) is 17.8 Å². The smallest absolute Gasteiger partial charge is 0.217 e. The largest absolute Gasteiger partial charge is 0.508 e. The minimum Gasteiger partial charge on any atom is -0.508 e. The fraction of sp³-hybridized carbons (Fsp3) is 0.421. The van der Waals surface area contributed by atoms with Crippen LogP contribution in [0.4, 0.5) is 0 Å². The number of hydrogen-bond acceptors (Lipinski definition) is 7. The number of allylic oxidation sites excluding steroid dienone is 5. The number of ether oxygens (including phenoxy) is 3. The molecular formula is C38H50N2O6. The van der Waals surface area contributed by atoms with Gasteiger partial charge in [0.15, 0.2) is 17.3 Å². The SMILES string of the molecule is C=C1/C(=C\C=C\NC(=C)[C@@H](CC(=O)[C@H](CC(C)C)NC(C)=O)Cc2ccc(O)cc2)c2c(cc(OC)c(OC)c2OC)CCC1C. The number of phenols is 1. The quantitative estimate of drug-likeness (QED) is 0.183. The van der Waals surface area contributed by atoms with E-state index in [1.807, 2.05) is 44.2 Å². The highest BCUT2D eigenvalue weighted by molar-refractivity contribution is 5.89. The summed E-state index contributed by atoms with van der Waals surface area (Å²) < 4.78 is 17.2. The molecule has 0 radical (unpaired) electrons. The van der Waals surface area contributed by atoms with E-state index in [-0.39, 0.29) is 41.6 Å². The van der Waals surface area contributed by atoms with Gasteiger partial charge in [0.25, 0.3) is 0 Å². The van der Waals surface area contributed by atoms with E-state index in [9.17, 15) is 14.7 Å². The Kier molecular flexibility index (Phi) is 13.1. The normalized spacial score (nSPS) is 16.8. The second-order valence-corrected chi connectivity index (χ2v) is 12.4. The van der Waals surface area contributed by atoms with Gasteiger partial charge in [0, 0.05) is 36.7 Å². The molecule has 3 N–H and O–H groups in total. The van der Waals surface area contributed by atoms with Crippen molar-refractivity contribution in [3.8, 4) is 23.0 Å². The number of phenolic OH excluding ortho intramolecular Hbond substituents is 1. The van der Waals surface area contributed by atoms with E-state index in [1.165, 1.54) is 6.92 Å². The molecule has 0 aromatic heterocycles. The van der Waals surface area contributed by atoms with Crippen LogP contribution < -0.4 is 24.8 Å². The lowest BCUT2D eigenvalue weighted by Crippen LogP contribution is -2.41. The Morgan fingerprint density at radius 1 is 1.09 bits per heavy atom. The maximum atomic E-state index is 13.5. The zero-order chi connectivity index (χ0) is 34.0. The Bertz CT molecular complexity index is 1470. The van der Waals surface area contributed by atoms with Crippen molar-refractivity contribution in [2.75, 3.05) is 21.3 Å². The van der Waals surface area contributed by atoms with Crippen molar-refractivity contribution in [2.45, 2.75) is 65.8 Å². The summed E-state index contributed by atoms with van der Waals surface area (Å²) in [5, 5.41) is 15.9. The van der Waals surface area contributed by atoms with Crippen LogP contribution in [0.15, 0.2) is 73.1 Å². The van der Waals surface area contributed by atoms with E-state index in [1.54, 1.807) is 39.7 Å².